The van der Waals surface area contributed by atoms with Crippen molar-refractivity contribution in [3.8, 4) is 6.07 Å². The Morgan fingerprint density at radius 2 is 2.33 bits per heavy atom. The molecular weight excluding hydrogens is 360 g/mol. The van der Waals surface area contributed by atoms with Gasteiger partial charge in [0.2, 0.25) is 5.60 Å². The summed E-state index contributed by atoms with van der Waals surface area (Å²) in [7, 11) is 1.40. The van der Waals surface area contributed by atoms with Crippen LogP contribution in [0.2, 0.25) is 0 Å². The molecule has 0 aliphatic carbocycles. The zero-order chi connectivity index (χ0) is 19.2. The SMILES string of the molecule is CNC(=O)OC[C@H]1O[C@@](C#N)(c2ccc3c(N)ncnn23)[C@@H]2OC(=O)O[C@@H]21. The van der Waals surface area contributed by atoms with E-state index in [-0.39, 0.29) is 18.1 Å². The minimum absolute atomic E-state index is 0.207. The summed E-state index contributed by atoms with van der Waals surface area (Å²) in [6, 6.07) is 5.25. The topological polar surface area (TPSA) is 163 Å². The lowest BCUT2D eigenvalue weighted by atomic mass is 9.92. The molecule has 0 bridgehead atoms. The molecule has 2 aliphatic rings. The standard InChI is InChI=1S/C15H14N6O6/c1-18-13(22)24-4-8-10-11(26-14(23)25-10)15(5-16,27-8)9-3-2-7-12(17)19-6-20-21(7)9/h2-3,6,8,10-11H,4H2,1H3,(H,18,22)(H2,17,19,20)/t8-,10-,11-,15+/m1/s1. The fraction of sp³-hybridized carbons (Fsp3) is 0.400. The lowest BCUT2D eigenvalue weighted by molar-refractivity contribution is -0.0828. The first-order valence-corrected chi connectivity index (χ1v) is 7.89. The van der Waals surface area contributed by atoms with E-state index in [1.54, 1.807) is 12.1 Å². The summed E-state index contributed by atoms with van der Waals surface area (Å²) in [4.78, 5) is 27.0. The summed E-state index contributed by atoms with van der Waals surface area (Å²) in [5, 5.41) is 16.4. The smallest absolute Gasteiger partial charge is 0.447 e. The van der Waals surface area contributed by atoms with Gasteiger partial charge in [-0.3, -0.25) is 0 Å². The number of alkyl carbamates (subject to hydrolysis) is 1. The van der Waals surface area contributed by atoms with E-state index in [4.69, 9.17) is 24.7 Å². The van der Waals surface area contributed by atoms with E-state index >= 15 is 0 Å². The van der Waals surface area contributed by atoms with Crippen LogP contribution in [-0.2, 0) is 24.5 Å². The van der Waals surface area contributed by atoms with Crippen molar-refractivity contribution in [3.05, 3.63) is 24.2 Å². The lowest BCUT2D eigenvalue weighted by Gasteiger charge is -2.24. The van der Waals surface area contributed by atoms with Gasteiger partial charge < -0.3 is 30.0 Å². The Labute approximate surface area is 151 Å². The normalized spacial score (nSPS) is 28.9. The highest BCUT2D eigenvalue weighted by atomic mass is 16.8. The van der Waals surface area contributed by atoms with Crippen molar-refractivity contribution in [1.29, 1.82) is 5.26 Å². The van der Waals surface area contributed by atoms with Crippen LogP contribution in [0.1, 0.15) is 5.69 Å². The number of nitrogens with one attached hydrogen (secondary N) is 1. The summed E-state index contributed by atoms with van der Waals surface area (Å²) < 4.78 is 22.6. The molecule has 2 aromatic rings. The first kappa shape index (κ1) is 16.9. The van der Waals surface area contributed by atoms with E-state index in [2.05, 4.69) is 21.5 Å². The van der Waals surface area contributed by atoms with Crippen molar-refractivity contribution >= 4 is 23.6 Å². The molecule has 0 radical (unpaired) electrons. The van der Waals surface area contributed by atoms with Crippen LogP contribution >= 0.6 is 0 Å². The molecule has 2 aliphatic heterocycles. The van der Waals surface area contributed by atoms with Gasteiger partial charge in [0.1, 0.15) is 30.6 Å². The first-order valence-electron chi connectivity index (χ1n) is 7.89. The third kappa shape index (κ3) is 2.40. The average Bonchev–Trinajstić information content (AvgIpc) is 3.33. The molecule has 0 spiro atoms. The molecule has 2 fully saturated rings. The van der Waals surface area contributed by atoms with E-state index in [1.807, 2.05) is 0 Å². The third-order valence-electron chi connectivity index (χ3n) is 4.47. The highest BCUT2D eigenvalue weighted by Gasteiger charge is 2.65. The van der Waals surface area contributed by atoms with E-state index in [9.17, 15) is 14.9 Å². The summed E-state index contributed by atoms with van der Waals surface area (Å²) in [6.45, 7) is -0.249. The highest BCUT2D eigenvalue weighted by Crippen LogP contribution is 2.46. The number of carbonyl (C=O) groups is 2. The van der Waals surface area contributed by atoms with Crippen molar-refractivity contribution in [1.82, 2.24) is 19.9 Å². The maximum Gasteiger partial charge on any atom is 0.509 e. The molecule has 0 saturated carbocycles. The van der Waals surface area contributed by atoms with Crippen LogP contribution in [0.15, 0.2) is 18.5 Å². The Morgan fingerprint density at radius 3 is 3.07 bits per heavy atom. The number of anilines is 1. The van der Waals surface area contributed by atoms with Gasteiger partial charge in [0.25, 0.3) is 0 Å². The van der Waals surface area contributed by atoms with Gasteiger partial charge in [0.15, 0.2) is 18.0 Å². The van der Waals surface area contributed by atoms with Crippen molar-refractivity contribution in [2.75, 3.05) is 19.4 Å². The second-order valence-electron chi connectivity index (χ2n) is 5.88. The van der Waals surface area contributed by atoms with Crippen LogP contribution in [0.4, 0.5) is 15.4 Å². The molecule has 2 saturated heterocycles. The molecule has 140 valence electrons. The second-order valence-corrected chi connectivity index (χ2v) is 5.88. The number of nitriles is 1. The maximum absolute atomic E-state index is 11.7. The van der Waals surface area contributed by atoms with Gasteiger partial charge in [-0.15, -0.1) is 0 Å². The molecule has 27 heavy (non-hydrogen) atoms. The number of ether oxygens (including phenoxy) is 4. The van der Waals surface area contributed by atoms with Crippen LogP contribution in [0.3, 0.4) is 0 Å². The van der Waals surface area contributed by atoms with Crippen molar-refractivity contribution in [2.24, 2.45) is 0 Å². The zero-order valence-corrected chi connectivity index (χ0v) is 14.0. The van der Waals surface area contributed by atoms with E-state index in [1.165, 1.54) is 17.9 Å². The van der Waals surface area contributed by atoms with Crippen LogP contribution in [0.25, 0.3) is 5.52 Å². The Kier molecular flexibility index (Phi) is 3.74. The van der Waals surface area contributed by atoms with Crippen molar-refractivity contribution < 1.29 is 28.5 Å². The van der Waals surface area contributed by atoms with Crippen LogP contribution < -0.4 is 11.1 Å². The Hall–Kier alpha value is -3.59. The van der Waals surface area contributed by atoms with Gasteiger partial charge >= 0.3 is 12.2 Å². The molecule has 1 amide bonds. The van der Waals surface area contributed by atoms with Crippen LogP contribution in [0.5, 0.6) is 0 Å². The predicted molar refractivity (Wildman–Crippen MR) is 85.1 cm³/mol. The number of nitrogens with zero attached hydrogens (tertiary/aromatic N) is 4. The number of hydrogen-bond acceptors (Lipinski definition) is 10. The van der Waals surface area contributed by atoms with Gasteiger partial charge in [0, 0.05) is 7.05 Å². The molecule has 0 aromatic carbocycles. The average molecular weight is 374 g/mol. The van der Waals surface area contributed by atoms with Crippen LogP contribution in [0, 0.1) is 11.3 Å². The number of carbonyl (C=O) groups excluding carboxylic acids is 2. The summed E-state index contributed by atoms with van der Waals surface area (Å²) in [5.74, 6) is 0.207. The fourth-order valence-corrected chi connectivity index (χ4v) is 3.28. The Bertz CT molecular complexity index is 969. The largest absolute Gasteiger partial charge is 0.509 e. The number of rotatable bonds is 3. The molecule has 3 N–H and O–H groups in total. The molecular formula is C15H14N6O6. The minimum atomic E-state index is -1.74. The van der Waals surface area contributed by atoms with Crippen molar-refractivity contribution in [3.63, 3.8) is 0 Å². The number of nitrogen functional groups attached to an aromatic ring is 1. The Balaban J connectivity index is 1.76. The minimum Gasteiger partial charge on any atom is -0.447 e. The molecule has 12 nitrogen and oxygen atoms in total. The van der Waals surface area contributed by atoms with Crippen molar-refractivity contribution in [2.45, 2.75) is 23.9 Å². The number of hydrogen-bond donors (Lipinski definition) is 2. The van der Waals surface area contributed by atoms with Crippen LogP contribution in [-0.4, -0.2) is 58.8 Å². The maximum atomic E-state index is 11.7. The fourth-order valence-electron chi connectivity index (χ4n) is 3.28. The number of nitrogens with two attached hydrogens (primary N) is 1. The van der Waals surface area contributed by atoms with E-state index in [0.29, 0.717) is 5.52 Å². The molecule has 4 heterocycles. The second kappa shape index (κ2) is 5.99. The highest BCUT2D eigenvalue weighted by molar-refractivity contribution is 5.68. The van der Waals surface area contributed by atoms with Gasteiger partial charge in [-0.2, -0.15) is 10.4 Å². The number of aromatic nitrogens is 3. The summed E-state index contributed by atoms with van der Waals surface area (Å²) in [5.41, 5.74) is 4.84. The van der Waals surface area contributed by atoms with Gasteiger partial charge in [-0.25, -0.2) is 19.1 Å². The van der Waals surface area contributed by atoms with E-state index < -0.39 is 36.2 Å². The molecule has 12 heteroatoms. The molecule has 4 rings (SSSR count). The third-order valence-corrected chi connectivity index (χ3v) is 4.47. The zero-order valence-electron chi connectivity index (χ0n) is 14.0. The number of amides is 1. The quantitative estimate of drug-likeness (QED) is 0.681. The van der Waals surface area contributed by atoms with Gasteiger partial charge in [-0.05, 0) is 12.1 Å². The number of fused-ring (bicyclic) bond motifs is 2. The molecule has 0 unspecified atom stereocenters. The summed E-state index contributed by atoms with van der Waals surface area (Å²) in [6.07, 6.45) is -3.33. The first-order chi connectivity index (χ1) is 13.0. The van der Waals surface area contributed by atoms with Gasteiger partial charge in [0.05, 0.1) is 5.69 Å². The monoisotopic (exact) mass is 374 g/mol. The Morgan fingerprint density at radius 1 is 1.52 bits per heavy atom. The van der Waals surface area contributed by atoms with E-state index in [0.717, 1.165) is 0 Å². The predicted octanol–water partition coefficient (Wildman–Crippen LogP) is -0.311. The summed E-state index contributed by atoms with van der Waals surface area (Å²) >= 11 is 0. The molecule has 4 atom stereocenters. The van der Waals surface area contributed by atoms with Gasteiger partial charge in [-0.1, -0.05) is 0 Å². The molecule has 2 aromatic heterocycles. The lowest BCUT2D eigenvalue weighted by Crippen LogP contribution is -2.39.